The Morgan fingerprint density at radius 3 is 2.81 bits per heavy atom. The topological polar surface area (TPSA) is 39.1 Å². The molecule has 1 aliphatic rings. The van der Waals surface area contributed by atoms with Gasteiger partial charge in [0.2, 0.25) is 0 Å². The third-order valence-corrected chi connectivity index (χ3v) is 4.06. The van der Waals surface area contributed by atoms with Gasteiger partial charge in [-0.2, -0.15) is 5.26 Å². The van der Waals surface area contributed by atoms with Crippen molar-refractivity contribution in [3.63, 3.8) is 0 Å². The van der Waals surface area contributed by atoms with Gasteiger partial charge in [0, 0.05) is 18.6 Å². The number of likely N-dealkylation sites (tertiary alicyclic amines) is 1. The second-order valence-corrected chi connectivity index (χ2v) is 7.14. The van der Waals surface area contributed by atoms with Crippen LogP contribution >= 0.6 is 0 Å². The molecule has 1 N–H and O–H groups in total. The maximum absolute atomic E-state index is 9.20. The number of hydrogen-bond acceptors (Lipinski definition) is 3. The van der Waals surface area contributed by atoms with Crippen LogP contribution in [-0.2, 0) is 6.54 Å². The first-order valence-electron chi connectivity index (χ1n) is 7.93. The summed E-state index contributed by atoms with van der Waals surface area (Å²) in [6.45, 7) is 10.9. The maximum Gasteiger partial charge on any atom is 0.0995 e. The summed E-state index contributed by atoms with van der Waals surface area (Å²) in [5.41, 5.74) is 2.16. The van der Waals surface area contributed by atoms with E-state index in [9.17, 15) is 5.26 Å². The van der Waals surface area contributed by atoms with Crippen LogP contribution in [-0.4, -0.2) is 30.1 Å². The molecule has 0 bridgehead atoms. The minimum atomic E-state index is 0.190. The van der Waals surface area contributed by atoms with Crippen molar-refractivity contribution in [2.24, 2.45) is 5.92 Å². The third-order valence-electron chi connectivity index (χ3n) is 4.06. The number of nitriles is 1. The Kier molecular flexibility index (Phi) is 5.39. The smallest absolute Gasteiger partial charge is 0.0995 e. The van der Waals surface area contributed by atoms with E-state index < -0.39 is 0 Å². The molecule has 1 aromatic rings. The molecule has 1 heterocycles. The predicted molar refractivity (Wildman–Crippen MR) is 86.9 cm³/mol. The Bertz CT molecular complexity index is 496. The van der Waals surface area contributed by atoms with Crippen LogP contribution in [0, 0.1) is 17.2 Å². The lowest BCUT2D eigenvalue weighted by Crippen LogP contribution is -2.44. The van der Waals surface area contributed by atoms with Gasteiger partial charge in [-0.05, 0) is 64.3 Å². The van der Waals surface area contributed by atoms with Crippen molar-refractivity contribution >= 4 is 0 Å². The summed E-state index contributed by atoms with van der Waals surface area (Å²) in [6.07, 6.45) is 2.56. The highest BCUT2D eigenvalue weighted by molar-refractivity contribution is 5.37. The molecule has 1 fully saturated rings. The van der Waals surface area contributed by atoms with Gasteiger partial charge < -0.3 is 5.32 Å². The zero-order chi connectivity index (χ0) is 15.3. The average Bonchev–Trinajstić information content (AvgIpc) is 2.45. The lowest BCUT2D eigenvalue weighted by atomic mass is 9.96. The van der Waals surface area contributed by atoms with E-state index in [1.165, 1.54) is 12.8 Å². The van der Waals surface area contributed by atoms with Crippen molar-refractivity contribution in [2.45, 2.75) is 45.7 Å². The van der Waals surface area contributed by atoms with Gasteiger partial charge in [0.1, 0.15) is 0 Å². The highest BCUT2D eigenvalue weighted by Crippen LogP contribution is 2.20. The van der Waals surface area contributed by atoms with Gasteiger partial charge in [0.25, 0.3) is 0 Å². The van der Waals surface area contributed by atoms with E-state index in [-0.39, 0.29) is 5.54 Å². The first kappa shape index (κ1) is 16.0. The molecule has 1 aliphatic heterocycles. The Morgan fingerprint density at radius 2 is 2.10 bits per heavy atom. The van der Waals surface area contributed by atoms with Crippen molar-refractivity contribution in [1.29, 1.82) is 5.26 Å². The number of hydrogen-bond donors (Lipinski definition) is 1. The van der Waals surface area contributed by atoms with Crippen LogP contribution in [0.1, 0.15) is 44.7 Å². The summed E-state index contributed by atoms with van der Waals surface area (Å²) in [7, 11) is 0. The SMILES string of the molecule is CC(C)(C)NCC1CCCN(Cc2ccccc2C#N)C1. The fourth-order valence-corrected chi connectivity index (χ4v) is 2.92. The van der Waals surface area contributed by atoms with E-state index in [0.717, 1.165) is 37.3 Å². The number of benzene rings is 1. The van der Waals surface area contributed by atoms with Gasteiger partial charge in [0.05, 0.1) is 11.6 Å². The molecule has 0 aliphatic carbocycles. The van der Waals surface area contributed by atoms with Crippen molar-refractivity contribution in [3.8, 4) is 6.07 Å². The summed E-state index contributed by atoms with van der Waals surface area (Å²) in [6, 6.07) is 10.3. The minimum Gasteiger partial charge on any atom is -0.312 e. The van der Waals surface area contributed by atoms with Crippen LogP contribution < -0.4 is 5.32 Å². The Morgan fingerprint density at radius 1 is 1.33 bits per heavy atom. The lowest BCUT2D eigenvalue weighted by molar-refractivity contribution is 0.159. The number of nitrogens with zero attached hydrogens (tertiary/aromatic N) is 2. The predicted octanol–water partition coefficient (Wildman–Crippen LogP) is 3.16. The molecule has 1 saturated heterocycles. The normalized spacial score (nSPS) is 20.2. The number of rotatable bonds is 4. The van der Waals surface area contributed by atoms with Crippen LogP contribution in [0.4, 0.5) is 0 Å². The first-order valence-corrected chi connectivity index (χ1v) is 7.93. The molecule has 114 valence electrons. The largest absolute Gasteiger partial charge is 0.312 e. The van der Waals surface area contributed by atoms with Crippen LogP contribution in [0.25, 0.3) is 0 Å². The van der Waals surface area contributed by atoms with Gasteiger partial charge >= 0.3 is 0 Å². The molecule has 2 rings (SSSR count). The third kappa shape index (κ3) is 5.15. The molecule has 0 spiro atoms. The van der Waals surface area contributed by atoms with E-state index in [1.807, 2.05) is 18.2 Å². The highest BCUT2D eigenvalue weighted by Gasteiger charge is 2.22. The molecule has 0 saturated carbocycles. The lowest BCUT2D eigenvalue weighted by Gasteiger charge is -2.34. The fourth-order valence-electron chi connectivity index (χ4n) is 2.92. The van der Waals surface area contributed by atoms with Crippen molar-refractivity contribution in [3.05, 3.63) is 35.4 Å². The maximum atomic E-state index is 9.20. The van der Waals surface area contributed by atoms with Crippen LogP contribution in [0.5, 0.6) is 0 Å². The first-order chi connectivity index (χ1) is 9.98. The second-order valence-electron chi connectivity index (χ2n) is 7.14. The zero-order valence-corrected chi connectivity index (χ0v) is 13.5. The molecule has 3 nitrogen and oxygen atoms in total. The Hall–Kier alpha value is -1.37. The van der Waals surface area contributed by atoms with E-state index in [1.54, 1.807) is 0 Å². The standard InChI is InChI=1S/C18H27N3/c1-18(2,3)20-12-15-7-6-10-21(13-15)14-17-9-5-4-8-16(17)11-19/h4-5,8-9,15,20H,6-7,10,12-14H2,1-3H3. The van der Waals surface area contributed by atoms with Crippen LogP contribution in [0.2, 0.25) is 0 Å². The quantitative estimate of drug-likeness (QED) is 0.923. The van der Waals surface area contributed by atoms with E-state index in [2.05, 4.69) is 43.1 Å². The summed E-state index contributed by atoms with van der Waals surface area (Å²) in [4.78, 5) is 2.49. The summed E-state index contributed by atoms with van der Waals surface area (Å²) in [5.74, 6) is 0.715. The van der Waals surface area contributed by atoms with Gasteiger partial charge in [-0.25, -0.2) is 0 Å². The highest BCUT2D eigenvalue weighted by atomic mass is 15.1. The van der Waals surface area contributed by atoms with E-state index >= 15 is 0 Å². The van der Waals surface area contributed by atoms with Crippen molar-refractivity contribution in [1.82, 2.24) is 10.2 Å². The molecule has 0 aromatic heterocycles. The van der Waals surface area contributed by atoms with Crippen LogP contribution in [0.15, 0.2) is 24.3 Å². The molecule has 1 atom stereocenters. The number of nitrogens with one attached hydrogen (secondary N) is 1. The molecule has 3 heteroatoms. The molecule has 0 radical (unpaired) electrons. The van der Waals surface area contributed by atoms with Gasteiger partial charge in [-0.15, -0.1) is 0 Å². The van der Waals surface area contributed by atoms with Gasteiger partial charge in [0.15, 0.2) is 0 Å². The molecule has 1 unspecified atom stereocenters. The molecule has 21 heavy (non-hydrogen) atoms. The van der Waals surface area contributed by atoms with Gasteiger partial charge in [-0.1, -0.05) is 18.2 Å². The Balaban J connectivity index is 1.91. The monoisotopic (exact) mass is 285 g/mol. The van der Waals surface area contributed by atoms with E-state index in [4.69, 9.17) is 0 Å². The second kappa shape index (κ2) is 7.06. The molecule has 0 amide bonds. The molecular weight excluding hydrogens is 258 g/mol. The Labute approximate surface area is 129 Å². The summed E-state index contributed by atoms with van der Waals surface area (Å²) < 4.78 is 0. The summed E-state index contributed by atoms with van der Waals surface area (Å²) in [5, 5.41) is 12.8. The van der Waals surface area contributed by atoms with Gasteiger partial charge in [-0.3, -0.25) is 4.90 Å². The summed E-state index contributed by atoms with van der Waals surface area (Å²) >= 11 is 0. The molecule has 1 aromatic carbocycles. The zero-order valence-electron chi connectivity index (χ0n) is 13.5. The molecular formula is C18H27N3. The average molecular weight is 285 g/mol. The van der Waals surface area contributed by atoms with E-state index in [0.29, 0.717) is 5.92 Å². The fraction of sp³-hybridized carbons (Fsp3) is 0.611. The number of piperidine rings is 1. The minimum absolute atomic E-state index is 0.190. The van der Waals surface area contributed by atoms with Crippen molar-refractivity contribution in [2.75, 3.05) is 19.6 Å². The van der Waals surface area contributed by atoms with Crippen molar-refractivity contribution < 1.29 is 0 Å². The van der Waals surface area contributed by atoms with Crippen LogP contribution in [0.3, 0.4) is 0 Å².